The number of benzene rings is 4. The molecule has 0 unspecified atom stereocenters. The van der Waals surface area contributed by atoms with E-state index in [1.807, 2.05) is 0 Å². The number of phenols is 2. The topological polar surface area (TPSA) is 53.4 Å². The van der Waals surface area contributed by atoms with Gasteiger partial charge in [-0.2, -0.15) is 0 Å². The first-order chi connectivity index (χ1) is 28.2. The molecule has 1 aromatic heterocycles. The Bertz CT molecular complexity index is 2350. The van der Waals surface area contributed by atoms with E-state index in [0.717, 1.165) is 94.4 Å². The minimum Gasteiger partial charge on any atom is -0.507 e. The van der Waals surface area contributed by atoms with Crippen LogP contribution >= 0.6 is 0 Å². The molecule has 8 aliphatic rings. The Morgan fingerprint density at radius 3 is 0.984 bits per heavy atom. The summed E-state index contributed by atoms with van der Waals surface area (Å²) in [5, 5.41) is 25.2. The van der Waals surface area contributed by atoms with Crippen LogP contribution in [0.4, 0.5) is 0 Å². The number of nitrogens with zero attached hydrogens (tertiary/aromatic N) is 1. The van der Waals surface area contributed by atoms with Gasteiger partial charge in [-0.25, -0.2) is 4.98 Å². The van der Waals surface area contributed by atoms with Crippen molar-refractivity contribution in [2.75, 3.05) is 0 Å². The van der Waals surface area contributed by atoms with Crippen LogP contribution in [0, 0.1) is 46.3 Å². The molecular weight excluding hydrogens is 822 g/mol. The average molecular weight is 887 g/mol. The van der Waals surface area contributed by atoms with Gasteiger partial charge in [-0.3, -0.25) is 0 Å². The number of aromatic hydroxyl groups is 2. The first-order valence-electron chi connectivity index (χ1n) is 23.1. The van der Waals surface area contributed by atoms with E-state index in [-0.39, 0.29) is 37.0 Å². The van der Waals surface area contributed by atoms with Crippen molar-refractivity contribution in [3.63, 3.8) is 0 Å². The van der Waals surface area contributed by atoms with Crippen molar-refractivity contribution in [2.24, 2.45) is 32.5 Å². The van der Waals surface area contributed by atoms with Crippen LogP contribution in [0.5, 0.6) is 11.5 Å². The van der Waals surface area contributed by atoms with Crippen molar-refractivity contribution >= 4 is 0 Å². The minimum absolute atomic E-state index is 0. The summed E-state index contributed by atoms with van der Waals surface area (Å²) < 4.78 is 0. The summed E-state index contributed by atoms with van der Waals surface area (Å²) in [6.07, 6.45) is 14.7. The van der Waals surface area contributed by atoms with Crippen molar-refractivity contribution in [3.8, 4) is 56.3 Å². The molecule has 4 heteroatoms. The summed E-state index contributed by atoms with van der Waals surface area (Å²) >= 11 is 0. The van der Waals surface area contributed by atoms with Gasteiger partial charge in [0, 0.05) is 70.4 Å². The number of aryl methyl sites for hydroxylation is 2. The second-order valence-corrected chi connectivity index (χ2v) is 24.5. The van der Waals surface area contributed by atoms with Gasteiger partial charge in [-0.15, -0.1) is 0 Å². The minimum atomic E-state index is -0.0144. The van der Waals surface area contributed by atoms with E-state index in [9.17, 15) is 10.2 Å². The van der Waals surface area contributed by atoms with E-state index in [4.69, 9.17) is 4.98 Å². The van der Waals surface area contributed by atoms with Crippen molar-refractivity contribution in [1.82, 2.24) is 4.98 Å². The van der Waals surface area contributed by atoms with Crippen molar-refractivity contribution in [3.05, 3.63) is 113 Å². The molecule has 0 spiro atoms. The molecule has 8 saturated carbocycles. The third kappa shape index (κ3) is 6.52. The van der Waals surface area contributed by atoms with Crippen molar-refractivity contribution in [1.29, 1.82) is 0 Å². The van der Waals surface area contributed by atoms with Crippen LogP contribution in [0.1, 0.15) is 141 Å². The second-order valence-electron chi connectivity index (χ2n) is 24.5. The monoisotopic (exact) mass is 885 g/mol. The van der Waals surface area contributed by atoms with Gasteiger partial charge in [0.2, 0.25) is 0 Å². The Balaban J connectivity index is 0.00000445. The Morgan fingerprint density at radius 2 is 0.672 bits per heavy atom. The SMILES string of the molecule is Cc1cc(-c2ccccc2-c2cccc(-c3ccccc3-c3cc(C)cc(C45CC6(C)CC(C)(CC(C)(C6)C4)C5)c3O)n2)c(O)c(C23CC4(C)CC(C)(CC(C)(C4)C2)C3)c1.[Zr]. The third-order valence-corrected chi connectivity index (χ3v) is 17.1. The van der Waals surface area contributed by atoms with Gasteiger partial charge < -0.3 is 10.2 Å². The van der Waals surface area contributed by atoms with E-state index in [0.29, 0.717) is 44.0 Å². The van der Waals surface area contributed by atoms with Gasteiger partial charge in [0.1, 0.15) is 11.5 Å². The zero-order valence-electron chi connectivity index (χ0n) is 38.0. The average Bonchev–Trinajstić information content (AvgIpc) is 3.12. The normalized spacial score (nSPS) is 36.6. The summed E-state index contributed by atoms with van der Waals surface area (Å²) in [4.78, 5) is 5.43. The molecule has 0 saturated heterocycles. The first kappa shape index (κ1) is 41.5. The molecular formula is C57H65NO2Zr. The van der Waals surface area contributed by atoms with Crippen LogP contribution in [0.3, 0.4) is 0 Å². The fourth-order valence-electron chi connectivity index (χ4n) is 18.5. The van der Waals surface area contributed by atoms with E-state index in [2.05, 4.69) is 146 Å². The maximum Gasteiger partial charge on any atom is 0.127 e. The molecule has 5 aromatic rings. The largest absolute Gasteiger partial charge is 0.507 e. The molecule has 314 valence electrons. The number of phenolic OH excluding ortho intramolecular Hbond substituents is 2. The molecule has 8 fully saturated rings. The second kappa shape index (κ2) is 13.3. The maximum atomic E-state index is 12.6. The van der Waals surface area contributed by atoms with Gasteiger partial charge in [0.25, 0.3) is 0 Å². The predicted octanol–water partition coefficient (Wildman–Crippen LogP) is 15.1. The predicted molar refractivity (Wildman–Crippen MR) is 246 cm³/mol. The number of aromatic nitrogens is 1. The fraction of sp³-hybridized carbons (Fsp3) is 0.491. The molecule has 4 aromatic carbocycles. The zero-order valence-corrected chi connectivity index (χ0v) is 40.4. The molecule has 1 heterocycles. The quantitative estimate of drug-likeness (QED) is 0.179. The standard InChI is InChI=1S/C57H65NO2.Zr/c1-36-20-42(48(59)44(22-36)56-30-50(3)24-51(4,31-56)26-52(5,25-50)32-56)38-14-9-11-16-40(38)46-18-13-19-47(58-46)41-17-12-10-15-39(41)43-21-37(2)23-45(49(43)60)57-33-53(6)27-54(7,34-57)29-55(8,28-53)35-57;/h9-23,59-60H,24-35H2,1-8H3;. The smallest absolute Gasteiger partial charge is 0.127 e. The fourth-order valence-corrected chi connectivity index (χ4v) is 18.5. The van der Waals surface area contributed by atoms with Crippen LogP contribution in [0.15, 0.2) is 91.0 Å². The number of hydrogen-bond acceptors (Lipinski definition) is 3. The van der Waals surface area contributed by atoms with Gasteiger partial charge in [0.05, 0.1) is 11.4 Å². The van der Waals surface area contributed by atoms with Crippen LogP contribution in [0.25, 0.3) is 44.8 Å². The van der Waals surface area contributed by atoms with Gasteiger partial charge in [0.15, 0.2) is 0 Å². The maximum absolute atomic E-state index is 12.6. The van der Waals surface area contributed by atoms with Gasteiger partial charge in [-0.1, -0.05) is 108 Å². The molecule has 0 amide bonds. The van der Waals surface area contributed by atoms with Gasteiger partial charge in [-0.05, 0) is 170 Å². The number of pyridine rings is 1. The van der Waals surface area contributed by atoms with E-state index in [1.165, 1.54) is 49.7 Å². The molecule has 13 rings (SSSR count). The van der Waals surface area contributed by atoms with Crippen molar-refractivity contribution in [2.45, 2.75) is 143 Å². The Labute approximate surface area is 384 Å². The first-order valence-corrected chi connectivity index (χ1v) is 23.1. The molecule has 0 atom stereocenters. The molecule has 8 aliphatic carbocycles. The Morgan fingerprint density at radius 1 is 0.377 bits per heavy atom. The summed E-state index contributed by atoms with van der Waals surface area (Å²) in [6, 6.07) is 32.4. The van der Waals surface area contributed by atoms with Crippen LogP contribution in [-0.4, -0.2) is 15.2 Å². The van der Waals surface area contributed by atoms with Crippen molar-refractivity contribution < 1.29 is 36.4 Å². The molecule has 3 nitrogen and oxygen atoms in total. The molecule has 8 bridgehead atoms. The number of rotatable bonds is 6. The van der Waals surface area contributed by atoms with Crippen LogP contribution < -0.4 is 0 Å². The zero-order chi connectivity index (χ0) is 41.9. The summed E-state index contributed by atoms with van der Waals surface area (Å²) in [5.41, 5.74) is 14.2. The Kier molecular flexibility index (Phi) is 9.04. The Hall–Kier alpha value is -3.49. The third-order valence-electron chi connectivity index (χ3n) is 17.1. The van der Waals surface area contributed by atoms with E-state index in [1.54, 1.807) is 0 Å². The van der Waals surface area contributed by atoms with Gasteiger partial charge >= 0.3 is 0 Å². The summed E-state index contributed by atoms with van der Waals surface area (Å²) in [6.45, 7) is 19.6. The van der Waals surface area contributed by atoms with E-state index >= 15 is 0 Å². The van der Waals surface area contributed by atoms with Crippen LogP contribution in [-0.2, 0) is 37.0 Å². The molecule has 2 N–H and O–H groups in total. The summed E-state index contributed by atoms with van der Waals surface area (Å²) in [7, 11) is 0. The van der Waals surface area contributed by atoms with Crippen LogP contribution in [0.2, 0.25) is 0 Å². The number of hydrogen-bond donors (Lipinski definition) is 2. The molecule has 61 heavy (non-hydrogen) atoms. The van der Waals surface area contributed by atoms with E-state index < -0.39 is 0 Å². The molecule has 0 aliphatic heterocycles. The molecule has 0 radical (unpaired) electrons. The summed E-state index contributed by atoms with van der Waals surface area (Å²) in [5.74, 6) is 0.906.